The highest BCUT2D eigenvalue weighted by Gasteiger charge is 2.18. The zero-order valence-corrected chi connectivity index (χ0v) is 20.5. The van der Waals surface area contributed by atoms with E-state index in [1.165, 1.54) is 36.3 Å². The van der Waals surface area contributed by atoms with Gasteiger partial charge in [-0.3, -0.25) is 9.59 Å². The van der Waals surface area contributed by atoms with Gasteiger partial charge in [-0.15, -0.1) is 11.3 Å². The molecule has 5 nitrogen and oxygen atoms in total. The van der Waals surface area contributed by atoms with Crippen LogP contribution >= 0.6 is 11.3 Å². The first-order chi connectivity index (χ1) is 16.5. The molecule has 1 aliphatic rings. The van der Waals surface area contributed by atoms with Crippen LogP contribution in [0.25, 0.3) is 6.08 Å². The van der Waals surface area contributed by atoms with Crippen LogP contribution in [-0.2, 0) is 4.79 Å². The molecule has 3 aromatic rings. The first-order valence-electron chi connectivity index (χ1n) is 11.8. The van der Waals surface area contributed by atoms with Crippen molar-refractivity contribution < 1.29 is 9.59 Å². The summed E-state index contributed by atoms with van der Waals surface area (Å²) < 4.78 is 0. The van der Waals surface area contributed by atoms with E-state index in [1.54, 1.807) is 18.2 Å². The molecule has 1 saturated heterocycles. The summed E-state index contributed by atoms with van der Waals surface area (Å²) in [6, 6.07) is 19.3. The van der Waals surface area contributed by atoms with Crippen LogP contribution in [0, 0.1) is 6.92 Å². The average molecular weight is 474 g/mol. The van der Waals surface area contributed by atoms with Gasteiger partial charge in [0.05, 0.1) is 6.04 Å². The van der Waals surface area contributed by atoms with Crippen LogP contribution in [0.1, 0.15) is 58.6 Å². The van der Waals surface area contributed by atoms with Gasteiger partial charge in [0.1, 0.15) is 5.70 Å². The number of anilines is 1. The number of rotatable bonds is 7. The number of benzene rings is 2. The summed E-state index contributed by atoms with van der Waals surface area (Å²) in [5.74, 6) is -0.627. The number of nitrogens with zero attached hydrogens (tertiary/aromatic N) is 1. The Kier molecular flexibility index (Phi) is 7.80. The van der Waals surface area contributed by atoms with Crippen LogP contribution in [-0.4, -0.2) is 24.9 Å². The molecule has 1 unspecified atom stereocenters. The maximum absolute atomic E-state index is 13.2. The molecule has 0 bridgehead atoms. The van der Waals surface area contributed by atoms with Gasteiger partial charge in [0.15, 0.2) is 0 Å². The van der Waals surface area contributed by atoms with E-state index in [9.17, 15) is 9.59 Å². The van der Waals surface area contributed by atoms with Crippen LogP contribution in [0.2, 0.25) is 0 Å². The minimum Gasteiger partial charge on any atom is -0.372 e. The summed E-state index contributed by atoms with van der Waals surface area (Å²) in [5, 5.41) is 7.79. The lowest BCUT2D eigenvalue weighted by atomic mass is 10.1. The Morgan fingerprint density at radius 2 is 1.68 bits per heavy atom. The van der Waals surface area contributed by atoms with Gasteiger partial charge >= 0.3 is 0 Å². The Morgan fingerprint density at radius 1 is 0.971 bits per heavy atom. The maximum atomic E-state index is 13.2. The minimum absolute atomic E-state index is 0.203. The lowest BCUT2D eigenvalue weighted by molar-refractivity contribution is -0.118. The molecule has 0 saturated carbocycles. The van der Waals surface area contributed by atoms with E-state index in [4.69, 9.17) is 0 Å². The maximum Gasteiger partial charge on any atom is 0.268 e. The third-order valence-corrected chi connectivity index (χ3v) is 6.92. The molecule has 2 heterocycles. The quantitative estimate of drug-likeness (QED) is 0.433. The van der Waals surface area contributed by atoms with Crippen molar-refractivity contribution in [2.45, 2.75) is 39.2 Å². The molecule has 2 N–H and O–H groups in total. The predicted molar refractivity (Wildman–Crippen MR) is 140 cm³/mol. The van der Waals surface area contributed by atoms with Crippen molar-refractivity contribution in [3.05, 3.63) is 93.3 Å². The van der Waals surface area contributed by atoms with Crippen LogP contribution in [0.5, 0.6) is 0 Å². The zero-order valence-electron chi connectivity index (χ0n) is 19.7. The van der Waals surface area contributed by atoms with Crippen molar-refractivity contribution in [3.8, 4) is 0 Å². The number of hydrogen-bond acceptors (Lipinski definition) is 4. The molecule has 1 aliphatic heterocycles. The van der Waals surface area contributed by atoms with E-state index >= 15 is 0 Å². The summed E-state index contributed by atoms with van der Waals surface area (Å²) in [6.07, 6.45) is 5.50. The van der Waals surface area contributed by atoms with E-state index in [2.05, 4.69) is 39.8 Å². The van der Waals surface area contributed by atoms with Gasteiger partial charge in [-0.1, -0.05) is 35.9 Å². The molecule has 0 spiro atoms. The smallest absolute Gasteiger partial charge is 0.268 e. The molecule has 1 atom stereocenters. The largest absolute Gasteiger partial charge is 0.372 e. The second-order valence-corrected chi connectivity index (χ2v) is 9.71. The third-order valence-electron chi connectivity index (χ3n) is 6.10. The number of hydrogen-bond donors (Lipinski definition) is 2. The lowest BCUT2D eigenvalue weighted by Gasteiger charge is -2.29. The second-order valence-electron chi connectivity index (χ2n) is 8.73. The predicted octanol–water partition coefficient (Wildman–Crippen LogP) is 5.70. The molecule has 1 aromatic heterocycles. The highest BCUT2D eigenvalue weighted by atomic mass is 32.1. The number of thiophene rings is 1. The summed E-state index contributed by atoms with van der Waals surface area (Å²) in [5.41, 5.74) is 4.06. The van der Waals surface area contributed by atoms with Crippen molar-refractivity contribution in [1.82, 2.24) is 10.6 Å². The second kappa shape index (κ2) is 11.2. The zero-order chi connectivity index (χ0) is 23.9. The molecule has 1 fully saturated rings. The standard InChI is InChI=1S/C28H31N3O2S/c1-20-8-10-23(11-9-20)27(32)30-26(19-25-7-6-18-34-25)28(33)29-21(2)22-12-14-24(15-13-22)31-16-4-3-5-17-31/h6-15,18-19,21H,3-5,16-17H2,1-2H3,(H,29,33)(H,30,32)/b26-19-. The van der Waals surface area contributed by atoms with Crippen molar-refractivity contribution in [2.75, 3.05) is 18.0 Å². The van der Waals surface area contributed by atoms with Crippen molar-refractivity contribution in [3.63, 3.8) is 0 Å². The molecule has 0 radical (unpaired) electrons. The first kappa shape index (κ1) is 23.8. The van der Waals surface area contributed by atoms with Gasteiger partial charge in [0.25, 0.3) is 11.8 Å². The Balaban J connectivity index is 1.46. The van der Waals surface area contributed by atoms with Crippen molar-refractivity contribution in [1.29, 1.82) is 0 Å². The molecule has 2 aromatic carbocycles. The van der Waals surface area contributed by atoms with Crippen molar-refractivity contribution in [2.24, 2.45) is 0 Å². The first-order valence-corrected chi connectivity index (χ1v) is 12.7. The Hall–Kier alpha value is -3.38. The monoisotopic (exact) mass is 473 g/mol. The fourth-order valence-corrected chi connectivity index (χ4v) is 4.71. The van der Waals surface area contributed by atoms with E-state index in [1.807, 2.05) is 43.5 Å². The van der Waals surface area contributed by atoms with Gasteiger partial charge in [-0.05, 0) is 80.5 Å². The Bertz CT molecular complexity index is 1130. The van der Waals surface area contributed by atoms with Crippen LogP contribution in [0.4, 0.5) is 5.69 Å². The van der Waals surface area contributed by atoms with Gasteiger partial charge < -0.3 is 15.5 Å². The minimum atomic E-state index is -0.318. The van der Waals surface area contributed by atoms with E-state index in [0.29, 0.717) is 5.56 Å². The normalized spacial score (nSPS) is 15.0. The Morgan fingerprint density at radius 3 is 2.32 bits per heavy atom. The molecule has 0 aliphatic carbocycles. The number of nitrogens with one attached hydrogen (secondary N) is 2. The summed E-state index contributed by atoms with van der Waals surface area (Å²) >= 11 is 1.51. The fourth-order valence-electron chi connectivity index (χ4n) is 4.06. The summed E-state index contributed by atoms with van der Waals surface area (Å²) in [7, 11) is 0. The van der Waals surface area contributed by atoms with Crippen LogP contribution in [0.3, 0.4) is 0 Å². The third kappa shape index (κ3) is 6.14. The Labute approximate surface area is 205 Å². The lowest BCUT2D eigenvalue weighted by Crippen LogP contribution is -2.36. The van der Waals surface area contributed by atoms with E-state index < -0.39 is 0 Å². The number of piperidine rings is 1. The van der Waals surface area contributed by atoms with E-state index in [0.717, 1.165) is 29.1 Å². The number of aryl methyl sites for hydroxylation is 1. The number of carbonyl (C=O) groups is 2. The summed E-state index contributed by atoms with van der Waals surface area (Å²) in [4.78, 5) is 29.3. The molecule has 6 heteroatoms. The van der Waals surface area contributed by atoms with Crippen molar-refractivity contribution >= 4 is 34.9 Å². The number of amides is 2. The van der Waals surface area contributed by atoms with Gasteiger partial charge in [0.2, 0.25) is 0 Å². The SMILES string of the molecule is Cc1ccc(C(=O)N/C(=C\c2cccs2)C(=O)NC(C)c2ccc(N3CCCCC3)cc2)cc1. The van der Waals surface area contributed by atoms with Gasteiger partial charge in [-0.2, -0.15) is 0 Å². The average Bonchev–Trinajstić information content (AvgIpc) is 3.38. The summed E-state index contributed by atoms with van der Waals surface area (Å²) in [6.45, 7) is 6.13. The van der Waals surface area contributed by atoms with Gasteiger partial charge in [0, 0.05) is 29.2 Å². The van der Waals surface area contributed by atoms with Crippen LogP contribution < -0.4 is 15.5 Å². The molecule has 176 valence electrons. The van der Waals surface area contributed by atoms with E-state index in [-0.39, 0.29) is 23.6 Å². The topological polar surface area (TPSA) is 61.4 Å². The van der Waals surface area contributed by atoms with Crippen LogP contribution in [0.15, 0.2) is 71.7 Å². The highest BCUT2D eigenvalue weighted by Crippen LogP contribution is 2.23. The molecule has 4 rings (SSSR count). The fraction of sp³-hybridized carbons (Fsp3) is 0.286. The number of carbonyl (C=O) groups excluding carboxylic acids is 2. The highest BCUT2D eigenvalue weighted by molar-refractivity contribution is 7.10. The molecule has 34 heavy (non-hydrogen) atoms. The molecular formula is C28H31N3O2S. The molecular weight excluding hydrogens is 442 g/mol. The molecule has 2 amide bonds. The van der Waals surface area contributed by atoms with Gasteiger partial charge in [-0.25, -0.2) is 0 Å².